The first-order valence-corrected chi connectivity index (χ1v) is 6.46. The van der Waals surface area contributed by atoms with Gasteiger partial charge in [0.05, 0.1) is 0 Å². The number of rotatable bonds is 4. The third-order valence-corrected chi connectivity index (χ3v) is 3.07. The molecule has 19 heavy (non-hydrogen) atoms. The number of amides is 2. The van der Waals surface area contributed by atoms with Crippen LogP contribution in [0.3, 0.4) is 0 Å². The molecule has 0 spiro atoms. The summed E-state index contributed by atoms with van der Waals surface area (Å²) in [4.78, 5) is 23.1. The Labute approximate surface area is 114 Å². The molecule has 104 valence electrons. The number of carbonyl (C=O) groups excluding carboxylic acids is 2. The third kappa shape index (κ3) is 4.09. The molecular formula is C15H22N2O2. The monoisotopic (exact) mass is 262 g/mol. The molecule has 1 aromatic rings. The molecule has 0 aliphatic carbocycles. The molecule has 0 heterocycles. The van der Waals surface area contributed by atoms with Gasteiger partial charge >= 0.3 is 0 Å². The molecule has 0 fully saturated rings. The number of nitrogens with one attached hydrogen (secondary N) is 1. The number of benzene rings is 1. The molecule has 0 radical (unpaired) electrons. The summed E-state index contributed by atoms with van der Waals surface area (Å²) in [6.07, 6.45) is 0.487. The molecule has 4 nitrogen and oxygen atoms in total. The molecule has 1 atom stereocenters. The predicted molar refractivity (Wildman–Crippen MR) is 75.9 cm³/mol. The normalized spacial score (nSPS) is 12.8. The minimum absolute atomic E-state index is 0.0498. The Kier molecular flexibility index (Phi) is 4.70. The predicted octanol–water partition coefficient (Wildman–Crippen LogP) is 1.98. The maximum absolute atomic E-state index is 12.0. The average molecular weight is 262 g/mol. The zero-order valence-corrected chi connectivity index (χ0v) is 12.0. The highest BCUT2D eigenvalue weighted by Gasteiger charge is 2.18. The van der Waals surface area contributed by atoms with Crippen molar-refractivity contribution in [3.05, 3.63) is 35.4 Å². The smallest absolute Gasteiger partial charge is 0.251 e. The highest BCUT2D eigenvalue weighted by molar-refractivity contribution is 5.97. The van der Waals surface area contributed by atoms with Crippen molar-refractivity contribution in [2.24, 2.45) is 5.73 Å². The van der Waals surface area contributed by atoms with Gasteiger partial charge in [-0.05, 0) is 29.5 Å². The Morgan fingerprint density at radius 1 is 1.21 bits per heavy atom. The largest absolute Gasteiger partial charge is 0.368 e. The van der Waals surface area contributed by atoms with Crippen molar-refractivity contribution in [3.63, 3.8) is 0 Å². The molecule has 0 saturated heterocycles. The van der Waals surface area contributed by atoms with E-state index in [0.717, 1.165) is 5.56 Å². The number of hydrogen-bond donors (Lipinski definition) is 2. The van der Waals surface area contributed by atoms with Crippen LogP contribution in [0, 0.1) is 0 Å². The fourth-order valence-electron chi connectivity index (χ4n) is 1.74. The molecule has 4 heteroatoms. The maximum Gasteiger partial charge on any atom is 0.251 e. The summed E-state index contributed by atoms with van der Waals surface area (Å²) in [7, 11) is 0. The Bertz CT molecular complexity index is 458. The molecule has 2 amide bonds. The first-order chi connectivity index (χ1) is 8.75. The molecule has 1 rings (SSSR count). The number of primary amides is 1. The summed E-state index contributed by atoms with van der Waals surface area (Å²) in [5, 5.41) is 2.63. The summed E-state index contributed by atoms with van der Waals surface area (Å²) in [6, 6.07) is 6.78. The second kappa shape index (κ2) is 5.87. The van der Waals surface area contributed by atoms with Crippen LogP contribution in [0.4, 0.5) is 0 Å². The van der Waals surface area contributed by atoms with E-state index < -0.39 is 11.9 Å². The quantitative estimate of drug-likeness (QED) is 0.870. The molecule has 0 bridgehead atoms. The van der Waals surface area contributed by atoms with Crippen molar-refractivity contribution in [3.8, 4) is 0 Å². The standard InChI is InChI=1S/C15H22N2O2/c1-5-12(13(16)18)17-14(19)10-6-8-11(9-7-10)15(2,3)4/h6-9,12H,5H2,1-4H3,(H2,16,18)(H,17,19)/t12-/m1/s1. The van der Waals surface area contributed by atoms with Crippen LogP contribution in [0.15, 0.2) is 24.3 Å². The van der Waals surface area contributed by atoms with E-state index in [4.69, 9.17) is 5.73 Å². The fourth-order valence-corrected chi connectivity index (χ4v) is 1.74. The molecule has 1 aromatic carbocycles. The molecule has 0 saturated carbocycles. The molecule has 0 aliphatic rings. The van der Waals surface area contributed by atoms with E-state index in [2.05, 4.69) is 26.1 Å². The van der Waals surface area contributed by atoms with Crippen molar-refractivity contribution in [2.75, 3.05) is 0 Å². The summed E-state index contributed by atoms with van der Waals surface area (Å²) in [5.74, 6) is -0.784. The van der Waals surface area contributed by atoms with Gasteiger partial charge in [-0.3, -0.25) is 9.59 Å². The number of carbonyl (C=O) groups is 2. The lowest BCUT2D eigenvalue weighted by Gasteiger charge is -2.19. The third-order valence-electron chi connectivity index (χ3n) is 3.07. The minimum atomic E-state index is -0.616. The van der Waals surface area contributed by atoms with Crippen LogP contribution < -0.4 is 11.1 Å². The summed E-state index contributed by atoms with van der Waals surface area (Å²) < 4.78 is 0. The van der Waals surface area contributed by atoms with Gasteiger partial charge in [0.1, 0.15) is 6.04 Å². The van der Waals surface area contributed by atoms with Crippen LogP contribution >= 0.6 is 0 Å². The molecule has 0 aromatic heterocycles. The van der Waals surface area contributed by atoms with Crippen molar-refractivity contribution in [1.29, 1.82) is 0 Å². The van der Waals surface area contributed by atoms with E-state index >= 15 is 0 Å². The zero-order chi connectivity index (χ0) is 14.6. The SMILES string of the molecule is CC[C@@H](NC(=O)c1ccc(C(C)(C)C)cc1)C(N)=O. The molecule has 0 aliphatic heterocycles. The first-order valence-electron chi connectivity index (χ1n) is 6.46. The second-order valence-electron chi connectivity index (χ2n) is 5.66. The van der Waals surface area contributed by atoms with E-state index in [-0.39, 0.29) is 11.3 Å². The number of hydrogen-bond acceptors (Lipinski definition) is 2. The van der Waals surface area contributed by atoms with Gasteiger partial charge in [0.2, 0.25) is 5.91 Å². The highest BCUT2D eigenvalue weighted by atomic mass is 16.2. The van der Waals surface area contributed by atoms with Gasteiger partial charge in [-0.15, -0.1) is 0 Å². The molecule has 0 unspecified atom stereocenters. The van der Waals surface area contributed by atoms with Crippen LogP contribution in [0.1, 0.15) is 50.0 Å². The Morgan fingerprint density at radius 2 is 1.74 bits per heavy atom. The van der Waals surface area contributed by atoms with E-state index in [9.17, 15) is 9.59 Å². The van der Waals surface area contributed by atoms with Crippen LogP contribution in [0.5, 0.6) is 0 Å². The van der Waals surface area contributed by atoms with E-state index in [1.165, 1.54) is 0 Å². The summed E-state index contributed by atoms with van der Waals surface area (Å²) in [6.45, 7) is 8.14. The van der Waals surface area contributed by atoms with Crippen LogP contribution in [0.2, 0.25) is 0 Å². The summed E-state index contributed by atoms with van der Waals surface area (Å²) >= 11 is 0. The van der Waals surface area contributed by atoms with Crippen LogP contribution in [0.25, 0.3) is 0 Å². The lowest BCUT2D eigenvalue weighted by molar-refractivity contribution is -0.119. The zero-order valence-electron chi connectivity index (χ0n) is 12.0. The van der Waals surface area contributed by atoms with Gasteiger partial charge in [0, 0.05) is 5.56 Å². The van der Waals surface area contributed by atoms with E-state index in [0.29, 0.717) is 12.0 Å². The van der Waals surface area contributed by atoms with E-state index in [1.807, 2.05) is 12.1 Å². The fraction of sp³-hybridized carbons (Fsp3) is 0.467. The van der Waals surface area contributed by atoms with Gasteiger partial charge in [0.15, 0.2) is 0 Å². The minimum Gasteiger partial charge on any atom is -0.368 e. The molecule has 3 N–H and O–H groups in total. The maximum atomic E-state index is 12.0. The first kappa shape index (κ1) is 15.2. The van der Waals surface area contributed by atoms with Gasteiger partial charge in [0.25, 0.3) is 5.91 Å². The van der Waals surface area contributed by atoms with Gasteiger partial charge in [-0.25, -0.2) is 0 Å². The lowest BCUT2D eigenvalue weighted by Crippen LogP contribution is -2.43. The van der Waals surface area contributed by atoms with Crippen molar-refractivity contribution in [1.82, 2.24) is 5.32 Å². The van der Waals surface area contributed by atoms with Crippen molar-refractivity contribution < 1.29 is 9.59 Å². The number of nitrogens with two attached hydrogens (primary N) is 1. The van der Waals surface area contributed by atoms with Gasteiger partial charge in [-0.2, -0.15) is 0 Å². The van der Waals surface area contributed by atoms with Gasteiger partial charge in [-0.1, -0.05) is 39.8 Å². The summed E-state index contributed by atoms with van der Waals surface area (Å²) in [5.41, 5.74) is 6.94. The van der Waals surface area contributed by atoms with Crippen LogP contribution in [-0.2, 0) is 10.2 Å². The van der Waals surface area contributed by atoms with Gasteiger partial charge < -0.3 is 11.1 Å². The lowest BCUT2D eigenvalue weighted by atomic mass is 9.86. The highest BCUT2D eigenvalue weighted by Crippen LogP contribution is 2.22. The Balaban J connectivity index is 2.81. The topological polar surface area (TPSA) is 72.2 Å². The average Bonchev–Trinajstić information content (AvgIpc) is 2.34. The second-order valence-corrected chi connectivity index (χ2v) is 5.66. The molecular weight excluding hydrogens is 240 g/mol. The Hall–Kier alpha value is -1.84. The van der Waals surface area contributed by atoms with Crippen molar-refractivity contribution >= 4 is 11.8 Å². The van der Waals surface area contributed by atoms with Crippen LogP contribution in [-0.4, -0.2) is 17.9 Å². The van der Waals surface area contributed by atoms with Crippen molar-refractivity contribution in [2.45, 2.75) is 45.6 Å². The Morgan fingerprint density at radius 3 is 2.11 bits per heavy atom. The van der Waals surface area contributed by atoms with E-state index in [1.54, 1.807) is 19.1 Å².